The van der Waals surface area contributed by atoms with E-state index < -0.39 is 6.67 Å². The maximum atomic E-state index is 13.1. The van der Waals surface area contributed by atoms with E-state index in [0.717, 1.165) is 53.9 Å². The Hall–Kier alpha value is -2.58. The molecule has 5 rings (SSSR count). The third-order valence-electron chi connectivity index (χ3n) is 6.26. The zero-order chi connectivity index (χ0) is 22.1. The van der Waals surface area contributed by atoms with Crippen molar-refractivity contribution in [1.29, 1.82) is 0 Å². The van der Waals surface area contributed by atoms with E-state index in [2.05, 4.69) is 20.2 Å². The van der Waals surface area contributed by atoms with Crippen LogP contribution in [0.25, 0.3) is 11.3 Å². The largest absolute Gasteiger partial charge is 0.474 e. The van der Waals surface area contributed by atoms with E-state index in [-0.39, 0.29) is 17.8 Å². The molecule has 3 aromatic rings. The predicted molar refractivity (Wildman–Crippen MR) is 117 cm³/mol. The van der Waals surface area contributed by atoms with Crippen LogP contribution >= 0.6 is 11.6 Å². The van der Waals surface area contributed by atoms with Crippen LogP contribution in [0.3, 0.4) is 0 Å². The minimum absolute atomic E-state index is 0.0472. The fraction of sp³-hybridized carbons (Fsp3) is 0.435. The molecule has 6 nitrogen and oxygen atoms in total. The van der Waals surface area contributed by atoms with Gasteiger partial charge in [-0.05, 0) is 43.4 Å². The number of ether oxygens (including phenoxy) is 1. The summed E-state index contributed by atoms with van der Waals surface area (Å²) >= 11 is 6.22. The van der Waals surface area contributed by atoms with Gasteiger partial charge in [0.25, 0.3) is 0 Å². The van der Waals surface area contributed by atoms with E-state index in [1.54, 1.807) is 12.3 Å². The van der Waals surface area contributed by atoms with Crippen LogP contribution in [0.5, 0.6) is 5.88 Å². The third-order valence-corrected chi connectivity index (χ3v) is 6.47. The summed E-state index contributed by atoms with van der Waals surface area (Å²) in [4.78, 5) is 10.7. The van der Waals surface area contributed by atoms with Gasteiger partial charge in [0, 0.05) is 43.4 Å². The summed E-state index contributed by atoms with van der Waals surface area (Å²) in [5.41, 5.74) is 4.88. The Kier molecular flexibility index (Phi) is 6.06. The van der Waals surface area contributed by atoms with E-state index in [0.29, 0.717) is 30.5 Å². The minimum Gasteiger partial charge on any atom is -0.474 e. The van der Waals surface area contributed by atoms with Crippen molar-refractivity contribution in [1.82, 2.24) is 25.1 Å². The maximum absolute atomic E-state index is 13.1. The second-order valence-electron chi connectivity index (χ2n) is 8.43. The van der Waals surface area contributed by atoms with Gasteiger partial charge in [0.05, 0.1) is 28.3 Å². The number of nitrogens with one attached hydrogen (secondary N) is 1. The highest BCUT2D eigenvalue weighted by Crippen LogP contribution is 2.41. The van der Waals surface area contributed by atoms with Gasteiger partial charge < -0.3 is 4.74 Å². The molecule has 1 fully saturated rings. The van der Waals surface area contributed by atoms with Crippen LogP contribution in [0.1, 0.15) is 48.6 Å². The molecule has 0 spiro atoms. The van der Waals surface area contributed by atoms with Gasteiger partial charge in [0.1, 0.15) is 18.6 Å². The van der Waals surface area contributed by atoms with E-state index in [4.69, 9.17) is 16.3 Å². The molecule has 0 atom stereocenters. The number of aromatic amines is 1. The van der Waals surface area contributed by atoms with Crippen molar-refractivity contribution in [3.63, 3.8) is 0 Å². The predicted octanol–water partition coefficient (Wildman–Crippen LogP) is 5.05. The highest BCUT2D eigenvalue weighted by molar-refractivity contribution is 6.30. The Labute approximate surface area is 190 Å². The molecular weight excluding hydrogens is 436 g/mol. The molecule has 0 aromatic carbocycles. The molecule has 0 radical (unpaired) electrons. The summed E-state index contributed by atoms with van der Waals surface area (Å²) in [5, 5.41) is 8.46. The lowest BCUT2D eigenvalue weighted by molar-refractivity contribution is 0.139. The second kappa shape index (κ2) is 9.11. The van der Waals surface area contributed by atoms with Crippen molar-refractivity contribution in [3.8, 4) is 17.1 Å². The topological polar surface area (TPSA) is 66.9 Å². The SMILES string of the molecule is FCCN1Cc2cc(Cl)cnc2-c2c(C3CCC(Oc4ccc(F)cn4)CC3)n[nH]c2C1. The lowest BCUT2D eigenvalue weighted by Crippen LogP contribution is -2.24. The third kappa shape index (κ3) is 4.34. The standard InChI is InChI=1S/C23H24ClF2N5O/c24-16-9-15-12-31(8-7-25)13-19-21(22(15)28-10-16)23(30-29-19)14-1-4-18(5-2-14)32-20-6-3-17(26)11-27-20/h3,6,9-11,14,18H,1-2,4-5,7-8,12-13H2,(H,29,30). The second-order valence-corrected chi connectivity index (χ2v) is 8.87. The van der Waals surface area contributed by atoms with Crippen molar-refractivity contribution in [2.45, 2.75) is 50.8 Å². The van der Waals surface area contributed by atoms with Gasteiger partial charge in [-0.2, -0.15) is 5.10 Å². The molecule has 0 saturated heterocycles. The van der Waals surface area contributed by atoms with Crippen LogP contribution in [-0.2, 0) is 13.1 Å². The molecule has 3 aromatic heterocycles. The van der Waals surface area contributed by atoms with Crippen molar-refractivity contribution in [3.05, 3.63) is 58.4 Å². The first-order valence-corrected chi connectivity index (χ1v) is 11.3. The van der Waals surface area contributed by atoms with Gasteiger partial charge in [0.15, 0.2) is 0 Å². The van der Waals surface area contributed by atoms with E-state index in [9.17, 15) is 8.78 Å². The van der Waals surface area contributed by atoms with Crippen molar-refractivity contribution in [2.24, 2.45) is 0 Å². The van der Waals surface area contributed by atoms with Crippen LogP contribution in [0.2, 0.25) is 5.02 Å². The Morgan fingerprint density at radius 2 is 1.97 bits per heavy atom. The molecule has 4 heterocycles. The van der Waals surface area contributed by atoms with Gasteiger partial charge in [0.2, 0.25) is 5.88 Å². The van der Waals surface area contributed by atoms with Gasteiger partial charge in [-0.3, -0.25) is 15.0 Å². The van der Waals surface area contributed by atoms with Crippen molar-refractivity contribution in [2.75, 3.05) is 13.2 Å². The van der Waals surface area contributed by atoms with Gasteiger partial charge >= 0.3 is 0 Å². The number of aromatic nitrogens is 4. The zero-order valence-corrected chi connectivity index (χ0v) is 18.3. The smallest absolute Gasteiger partial charge is 0.213 e. The van der Waals surface area contributed by atoms with E-state index in [1.807, 2.05) is 11.0 Å². The molecule has 9 heteroatoms. The molecule has 1 N–H and O–H groups in total. The van der Waals surface area contributed by atoms with Crippen molar-refractivity contribution < 1.29 is 13.5 Å². The number of pyridine rings is 2. The quantitative estimate of drug-likeness (QED) is 0.578. The number of fused-ring (bicyclic) bond motifs is 3. The molecule has 32 heavy (non-hydrogen) atoms. The van der Waals surface area contributed by atoms with Gasteiger partial charge in [-0.15, -0.1) is 0 Å². The van der Waals surface area contributed by atoms with E-state index in [1.165, 1.54) is 12.3 Å². The summed E-state index contributed by atoms with van der Waals surface area (Å²) in [6, 6.07) is 4.84. The molecule has 168 valence electrons. The van der Waals surface area contributed by atoms with Gasteiger partial charge in [-0.25, -0.2) is 13.8 Å². The summed E-state index contributed by atoms with van der Waals surface area (Å²) in [5.74, 6) is 0.348. The lowest BCUT2D eigenvalue weighted by atomic mass is 9.83. The van der Waals surface area contributed by atoms with Crippen LogP contribution in [0.4, 0.5) is 8.78 Å². The number of halogens is 3. The number of nitrogens with zero attached hydrogens (tertiary/aromatic N) is 4. The van der Waals surface area contributed by atoms with Crippen LogP contribution in [0.15, 0.2) is 30.6 Å². The average Bonchev–Trinajstić information content (AvgIpc) is 3.13. The highest BCUT2D eigenvalue weighted by Gasteiger charge is 2.32. The Morgan fingerprint density at radius 3 is 2.72 bits per heavy atom. The maximum Gasteiger partial charge on any atom is 0.213 e. The normalized spacial score (nSPS) is 21.0. The number of alkyl halides is 1. The highest BCUT2D eigenvalue weighted by atomic mass is 35.5. The Balaban J connectivity index is 1.37. The molecule has 1 aliphatic heterocycles. The van der Waals surface area contributed by atoms with Crippen molar-refractivity contribution >= 4 is 11.6 Å². The number of rotatable bonds is 5. The first-order chi connectivity index (χ1) is 15.6. The van der Waals surface area contributed by atoms with Gasteiger partial charge in [-0.1, -0.05) is 11.6 Å². The fourth-order valence-electron chi connectivity index (χ4n) is 4.75. The molecule has 1 saturated carbocycles. The molecular formula is C23H24ClF2N5O. The number of H-pyrrole nitrogens is 1. The minimum atomic E-state index is -0.410. The first kappa shape index (κ1) is 21.3. The zero-order valence-electron chi connectivity index (χ0n) is 17.5. The van der Waals surface area contributed by atoms with Crippen LogP contribution in [-0.4, -0.2) is 44.4 Å². The lowest BCUT2D eigenvalue weighted by Gasteiger charge is -2.28. The molecule has 0 amide bonds. The summed E-state index contributed by atoms with van der Waals surface area (Å²) < 4.78 is 32.1. The summed E-state index contributed by atoms with van der Waals surface area (Å²) in [6.45, 7) is 1.13. The fourth-order valence-corrected chi connectivity index (χ4v) is 4.93. The molecule has 0 bridgehead atoms. The molecule has 0 unspecified atom stereocenters. The van der Waals surface area contributed by atoms with Crippen LogP contribution in [0, 0.1) is 5.82 Å². The Bertz CT molecular complexity index is 1080. The summed E-state index contributed by atoms with van der Waals surface area (Å²) in [7, 11) is 0. The summed E-state index contributed by atoms with van der Waals surface area (Å²) in [6.07, 6.45) is 6.43. The Morgan fingerprint density at radius 1 is 1.12 bits per heavy atom. The first-order valence-electron chi connectivity index (χ1n) is 10.9. The van der Waals surface area contributed by atoms with E-state index >= 15 is 0 Å². The molecule has 1 aliphatic carbocycles. The monoisotopic (exact) mass is 459 g/mol. The molecule has 2 aliphatic rings. The number of hydrogen-bond donors (Lipinski definition) is 1. The van der Waals surface area contributed by atoms with Crippen LogP contribution < -0.4 is 4.74 Å². The number of hydrogen-bond acceptors (Lipinski definition) is 5. The average molecular weight is 460 g/mol.